The Hall–Kier alpha value is -4.21. The minimum Gasteiger partial charge on any atom is -0.392 e. The van der Waals surface area contributed by atoms with Gasteiger partial charge in [0.1, 0.15) is 12.2 Å². The van der Waals surface area contributed by atoms with Crippen LogP contribution in [0.25, 0.3) is 21.5 Å². The third-order valence-electron chi connectivity index (χ3n) is 6.49. The van der Waals surface area contributed by atoms with Crippen LogP contribution in [0.3, 0.4) is 0 Å². The maximum absolute atomic E-state index is 8.61. The van der Waals surface area contributed by atoms with E-state index >= 15 is 0 Å². The second-order valence-electron chi connectivity index (χ2n) is 8.96. The summed E-state index contributed by atoms with van der Waals surface area (Å²) in [5.41, 5.74) is 9.81. The lowest BCUT2D eigenvalue weighted by molar-refractivity contribution is 0.0802. The van der Waals surface area contributed by atoms with E-state index in [0.29, 0.717) is 13.0 Å². The van der Waals surface area contributed by atoms with Crippen LogP contribution >= 0.6 is 0 Å². The van der Waals surface area contributed by atoms with E-state index in [4.69, 9.17) is 20.7 Å². The molecule has 2 heterocycles. The van der Waals surface area contributed by atoms with Crippen molar-refractivity contribution in [1.82, 2.24) is 0 Å². The molecule has 2 aliphatic heterocycles. The predicted octanol–water partition coefficient (Wildman–Crippen LogP) is 5.93. The molecule has 4 aromatic rings. The van der Waals surface area contributed by atoms with Crippen LogP contribution in [-0.4, -0.2) is 30.2 Å². The number of hydrogen-bond acceptors (Lipinski definition) is 6. The zero-order valence-electron chi connectivity index (χ0n) is 20.0. The zero-order chi connectivity index (χ0) is 24.7. The minimum atomic E-state index is 0.0384. The number of hydrogen-bond donors (Lipinski definition) is 1. The Morgan fingerprint density at radius 3 is 2.28 bits per heavy atom. The molecule has 6 nitrogen and oxygen atoms in total. The number of nitrogens with two attached hydrogens (primary N) is 1. The molecule has 0 fully saturated rings. The Morgan fingerprint density at radius 1 is 0.778 bits per heavy atom. The first-order chi connectivity index (χ1) is 17.7. The van der Waals surface area contributed by atoms with Gasteiger partial charge in [0.25, 0.3) is 0 Å². The Balaban J connectivity index is 0.000000149. The molecular formula is C30H28N4O2. The molecule has 0 radical (unpaired) electrons. The van der Waals surface area contributed by atoms with Crippen molar-refractivity contribution in [3.8, 4) is 6.07 Å². The summed E-state index contributed by atoms with van der Waals surface area (Å²) in [5.74, 6) is 0. The number of benzene rings is 4. The molecule has 2 aliphatic rings. The molecule has 6 rings (SSSR count). The van der Waals surface area contributed by atoms with Crippen molar-refractivity contribution in [2.45, 2.75) is 37.9 Å². The van der Waals surface area contributed by atoms with Gasteiger partial charge in [0.2, 0.25) is 0 Å². The van der Waals surface area contributed by atoms with Gasteiger partial charge in [-0.2, -0.15) is 5.26 Å². The highest BCUT2D eigenvalue weighted by Gasteiger charge is 2.23. The second kappa shape index (κ2) is 11.0. The molecule has 0 aromatic heterocycles. The smallest absolute Gasteiger partial charge is 0.145 e. The number of nitrogens with zero attached hydrogens (tertiary/aromatic N) is 3. The molecule has 0 bridgehead atoms. The molecule has 0 spiro atoms. The molecular weight excluding hydrogens is 448 g/mol. The first-order valence-electron chi connectivity index (χ1n) is 12.2. The molecule has 0 aliphatic carbocycles. The van der Waals surface area contributed by atoms with E-state index in [9.17, 15) is 0 Å². The molecule has 0 saturated carbocycles. The number of fused-ring (bicyclic) bond motifs is 2. The largest absolute Gasteiger partial charge is 0.392 e. The second-order valence-corrected chi connectivity index (χ2v) is 8.96. The first kappa shape index (κ1) is 23.5. The molecule has 4 aromatic carbocycles. The topological polar surface area (TPSA) is 93.0 Å². The predicted molar refractivity (Wildman–Crippen MR) is 144 cm³/mol. The SMILES string of the molecule is N#CCCC1CC(c2cccc3ccccc23)=NO1.NCC1CC(c2ccc3ccccc3c2)=NO1. The van der Waals surface area contributed by atoms with Gasteiger partial charge in [0.05, 0.1) is 17.5 Å². The lowest BCUT2D eigenvalue weighted by Crippen LogP contribution is -2.20. The fourth-order valence-electron chi connectivity index (χ4n) is 4.54. The average molecular weight is 477 g/mol. The van der Waals surface area contributed by atoms with Gasteiger partial charge in [-0.05, 0) is 27.6 Å². The van der Waals surface area contributed by atoms with E-state index in [0.717, 1.165) is 41.8 Å². The summed E-state index contributed by atoms with van der Waals surface area (Å²) in [5, 5.41) is 21.8. The van der Waals surface area contributed by atoms with Crippen molar-refractivity contribution in [3.63, 3.8) is 0 Å². The molecule has 2 atom stereocenters. The van der Waals surface area contributed by atoms with Gasteiger partial charge in [-0.15, -0.1) is 0 Å². The van der Waals surface area contributed by atoms with E-state index in [1.165, 1.54) is 21.5 Å². The van der Waals surface area contributed by atoms with Gasteiger partial charge in [0, 0.05) is 43.4 Å². The average Bonchev–Trinajstić information content (AvgIpc) is 3.62. The molecule has 2 unspecified atom stereocenters. The van der Waals surface area contributed by atoms with Crippen LogP contribution in [0, 0.1) is 11.3 Å². The zero-order valence-corrected chi connectivity index (χ0v) is 20.0. The normalized spacial score (nSPS) is 18.4. The van der Waals surface area contributed by atoms with Crippen LogP contribution in [0.2, 0.25) is 0 Å². The van der Waals surface area contributed by atoms with Crippen LogP contribution in [0.15, 0.2) is 95.2 Å². The highest BCUT2D eigenvalue weighted by Crippen LogP contribution is 2.25. The van der Waals surface area contributed by atoms with Gasteiger partial charge in [0.15, 0.2) is 0 Å². The van der Waals surface area contributed by atoms with E-state index < -0.39 is 0 Å². The molecule has 0 amide bonds. The third kappa shape index (κ3) is 5.22. The standard InChI is InChI=1S/C16H14N2O.C14H14N2O/c17-10-4-7-13-11-16(18-19-13)15-9-3-6-12-5-1-2-8-14(12)15;15-9-13-8-14(16-17-13)12-6-5-10-3-1-2-4-11(10)7-12/h1-3,5-6,8-9,13H,4,7,11H2;1-7,13H,8-9,15H2. The van der Waals surface area contributed by atoms with E-state index in [1.807, 2.05) is 30.3 Å². The van der Waals surface area contributed by atoms with Crippen LogP contribution < -0.4 is 5.73 Å². The van der Waals surface area contributed by atoms with Crippen molar-refractivity contribution in [3.05, 3.63) is 96.1 Å². The number of nitriles is 1. The highest BCUT2D eigenvalue weighted by atomic mass is 16.6. The van der Waals surface area contributed by atoms with Crippen molar-refractivity contribution >= 4 is 33.0 Å². The van der Waals surface area contributed by atoms with Crippen molar-refractivity contribution < 1.29 is 9.68 Å². The van der Waals surface area contributed by atoms with Gasteiger partial charge in [-0.1, -0.05) is 89.2 Å². The summed E-state index contributed by atoms with van der Waals surface area (Å²) in [7, 11) is 0. The highest BCUT2D eigenvalue weighted by molar-refractivity contribution is 6.11. The maximum atomic E-state index is 8.61. The van der Waals surface area contributed by atoms with Crippen LogP contribution in [0.4, 0.5) is 0 Å². The van der Waals surface area contributed by atoms with Gasteiger partial charge in [-0.3, -0.25) is 0 Å². The Morgan fingerprint density at radius 2 is 1.47 bits per heavy atom. The van der Waals surface area contributed by atoms with Crippen molar-refractivity contribution in [2.24, 2.45) is 16.0 Å². The molecule has 180 valence electrons. The van der Waals surface area contributed by atoms with Gasteiger partial charge in [-0.25, -0.2) is 0 Å². The monoisotopic (exact) mass is 476 g/mol. The summed E-state index contributed by atoms with van der Waals surface area (Å²) in [6, 6.07) is 31.3. The summed E-state index contributed by atoms with van der Waals surface area (Å²) in [4.78, 5) is 10.7. The fraction of sp³-hybridized carbons (Fsp3) is 0.233. The van der Waals surface area contributed by atoms with E-state index in [1.54, 1.807) is 0 Å². The van der Waals surface area contributed by atoms with Crippen molar-refractivity contribution in [1.29, 1.82) is 5.26 Å². The molecule has 36 heavy (non-hydrogen) atoms. The van der Waals surface area contributed by atoms with Gasteiger partial charge >= 0.3 is 0 Å². The Kier molecular flexibility index (Phi) is 7.20. The summed E-state index contributed by atoms with van der Waals surface area (Å²) in [6.07, 6.45) is 2.94. The summed E-state index contributed by atoms with van der Waals surface area (Å²) >= 11 is 0. The fourth-order valence-corrected chi connectivity index (χ4v) is 4.54. The third-order valence-corrected chi connectivity index (χ3v) is 6.49. The Labute approximate surface area is 210 Å². The van der Waals surface area contributed by atoms with E-state index in [2.05, 4.69) is 71.0 Å². The van der Waals surface area contributed by atoms with Crippen LogP contribution in [-0.2, 0) is 9.68 Å². The number of oxime groups is 2. The van der Waals surface area contributed by atoms with Crippen LogP contribution in [0.5, 0.6) is 0 Å². The van der Waals surface area contributed by atoms with Crippen LogP contribution in [0.1, 0.15) is 36.8 Å². The quantitative estimate of drug-likeness (QED) is 0.386. The summed E-state index contributed by atoms with van der Waals surface area (Å²) < 4.78 is 0. The van der Waals surface area contributed by atoms with Crippen molar-refractivity contribution in [2.75, 3.05) is 6.54 Å². The maximum Gasteiger partial charge on any atom is 0.145 e. The van der Waals surface area contributed by atoms with Gasteiger partial charge < -0.3 is 15.4 Å². The Bertz CT molecular complexity index is 1470. The summed E-state index contributed by atoms with van der Waals surface area (Å²) in [6.45, 7) is 0.514. The first-order valence-corrected chi connectivity index (χ1v) is 12.2. The molecule has 0 saturated heterocycles. The molecule has 6 heteroatoms. The number of rotatable bonds is 5. The lowest BCUT2D eigenvalue weighted by Gasteiger charge is -2.06. The lowest BCUT2D eigenvalue weighted by atomic mass is 9.97. The van der Waals surface area contributed by atoms with E-state index in [-0.39, 0.29) is 12.2 Å². The molecule has 2 N–H and O–H groups in total. The minimum absolute atomic E-state index is 0.0384.